The van der Waals surface area contributed by atoms with Gasteiger partial charge >= 0.3 is 12.1 Å². The van der Waals surface area contributed by atoms with Gasteiger partial charge in [0.2, 0.25) is 0 Å². The zero-order valence-corrected chi connectivity index (χ0v) is 21.9. The fourth-order valence-corrected chi connectivity index (χ4v) is 4.12. The van der Waals surface area contributed by atoms with E-state index >= 15 is 0 Å². The highest BCUT2D eigenvalue weighted by Gasteiger charge is 2.29. The number of unbranched alkanes of at least 4 members (excludes halogenated alkanes) is 1. The quantitative estimate of drug-likeness (QED) is 0.163. The third-order valence-electron chi connectivity index (χ3n) is 6.20. The number of aliphatic carboxylic acids is 1. The molecule has 0 radical (unpaired) electrons. The van der Waals surface area contributed by atoms with Gasteiger partial charge in [-0.05, 0) is 66.3 Å². The molecule has 210 valence electrons. The Morgan fingerprint density at radius 2 is 1.77 bits per heavy atom. The number of rotatable bonds is 14. The van der Waals surface area contributed by atoms with Gasteiger partial charge in [-0.2, -0.15) is 13.2 Å². The average molecular weight is 549 g/mol. The monoisotopic (exact) mass is 548 g/mol. The van der Waals surface area contributed by atoms with Crippen molar-refractivity contribution in [2.75, 3.05) is 13.7 Å². The summed E-state index contributed by atoms with van der Waals surface area (Å²) in [6.45, 7) is 2.60. The zero-order valence-electron chi connectivity index (χ0n) is 21.9. The maximum atomic E-state index is 14.7. The predicted molar refractivity (Wildman–Crippen MR) is 140 cm³/mol. The van der Waals surface area contributed by atoms with E-state index in [0.717, 1.165) is 18.4 Å². The first-order chi connectivity index (χ1) is 18.6. The maximum absolute atomic E-state index is 14.7. The maximum Gasteiger partial charge on any atom is 0.389 e. The number of methoxy groups -OCH3 is 1. The summed E-state index contributed by atoms with van der Waals surface area (Å²) in [6, 6.07) is 16.2. The summed E-state index contributed by atoms with van der Waals surface area (Å²) in [5, 5.41) is 9.20. The first kappa shape index (κ1) is 29.8. The topological polar surface area (TPSA) is 65.0 Å². The minimum atomic E-state index is -4.37. The lowest BCUT2D eigenvalue weighted by molar-refractivity contribution is -0.142. The van der Waals surface area contributed by atoms with Gasteiger partial charge < -0.3 is 19.3 Å². The van der Waals surface area contributed by atoms with Crippen LogP contribution in [0.5, 0.6) is 17.2 Å². The van der Waals surface area contributed by atoms with Gasteiger partial charge in [0, 0.05) is 17.5 Å². The molecule has 0 aromatic heterocycles. The highest BCUT2D eigenvalue weighted by atomic mass is 19.4. The summed E-state index contributed by atoms with van der Waals surface area (Å²) in [6.07, 6.45) is -4.45. The number of carbonyl (C=O) groups is 1. The number of alkyl halides is 3. The van der Waals surface area contributed by atoms with Crippen molar-refractivity contribution >= 4 is 5.97 Å². The Balaban J connectivity index is 1.81. The summed E-state index contributed by atoms with van der Waals surface area (Å²) in [5.41, 5.74) is 2.10. The number of ether oxygens (including phenoxy) is 3. The molecular formula is C30H32F4O5. The molecule has 0 fully saturated rings. The molecule has 0 spiro atoms. The van der Waals surface area contributed by atoms with E-state index in [1.165, 1.54) is 19.2 Å². The number of hydrogen-bond acceptors (Lipinski definition) is 4. The van der Waals surface area contributed by atoms with Crippen LogP contribution in [-0.2, 0) is 11.4 Å². The van der Waals surface area contributed by atoms with Crippen LogP contribution in [0.3, 0.4) is 0 Å². The van der Waals surface area contributed by atoms with E-state index < -0.39 is 36.7 Å². The minimum Gasteiger partial charge on any atom is -0.497 e. The molecule has 5 nitrogen and oxygen atoms in total. The second kappa shape index (κ2) is 13.9. The van der Waals surface area contributed by atoms with Crippen LogP contribution in [0, 0.1) is 5.82 Å². The van der Waals surface area contributed by atoms with Crippen molar-refractivity contribution in [3.63, 3.8) is 0 Å². The van der Waals surface area contributed by atoms with E-state index in [4.69, 9.17) is 14.2 Å². The van der Waals surface area contributed by atoms with Crippen LogP contribution in [0.4, 0.5) is 17.6 Å². The normalized spacial score (nSPS) is 12.2. The van der Waals surface area contributed by atoms with Crippen LogP contribution >= 0.6 is 0 Å². The molecule has 1 atom stereocenters. The third-order valence-corrected chi connectivity index (χ3v) is 6.20. The van der Waals surface area contributed by atoms with E-state index in [0.29, 0.717) is 40.5 Å². The van der Waals surface area contributed by atoms with Crippen LogP contribution in [-0.4, -0.2) is 31.0 Å². The summed E-state index contributed by atoms with van der Waals surface area (Å²) in [5.74, 6) is -1.00. The third kappa shape index (κ3) is 9.19. The first-order valence-corrected chi connectivity index (χ1v) is 12.7. The smallest absolute Gasteiger partial charge is 0.389 e. The fraction of sp³-hybridized carbons (Fsp3) is 0.367. The number of halogens is 4. The highest BCUT2D eigenvalue weighted by molar-refractivity contribution is 5.72. The summed E-state index contributed by atoms with van der Waals surface area (Å²) >= 11 is 0. The van der Waals surface area contributed by atoms with Crippen molar-refractivity contribution in [2.45, 2.75) is 57.7 Å². The molecule has 0 unspecified atom stereocenters. The molecule has 3 aromatic carbocycles. The zero-order chi connectivity index (χ0) is 28.4. The van der Waals surface area contributed by atoms with Crippen molar-refractivity contribution in [1.82, 2.24) is 0 Å². The Labute approximate surface area is 225 Å². The largest absolute Gasteiger partial charge is 0.497 e. The minimum absolute atomic E-state index is 0.112. The summed E-state index contributed by atoms with van der Waals surface area (Å²) in [7, 11) is 1.51. The molecule has 0 saturated heterocycles. The van der Waals surface area contributed by atoms with Gasteiger partial charge in [-0.3, -0.25) is 4.79 Å². The Hall–Kier alpha value is -3.75. The molecule has 0 heterocycles. The summed E-state index contributed by atoms with van der Waals surface area (Å²) < 4.78 is 70.2. The Bertz CT molecular complexity index is 1240. The molecule has 0 aliphatic carbocycles. The van der Waals surface area contributed by atoms with Gasteiger partial charge in [-0.1, -0.05) is 37.6 Å². The molecule has 1 N–H and O–H groups in total. The number of hydrogen-bond donors (Lipinski definition) is 1. The number of benzene rings is 3. The van der Waals surface area contributed by atoms with Crippen LogP contribution in [0.25, 0.3) is 11.1 Å². The lowest BCUT2D eigenvalue weighted by Crippen LogP contribution is -2.13. The number of carboxylic acid groups (broad SMARTS) is 1. The predicted octanol–water partition coefficient (Wildman–Crippen LogP) is 8.16. The molecular weight excluding hydrogens is 516 g/mol. The molecule has 39 heavy (non-hydrogen) atoms. The van der Waals surface area contributed by atoms with Gasteiger partial charge in [0.1, 0.15) is 29.7 Å². The van der Waals surface area contributed by atoms with Crippen LogP contribution < -0.4 is 14.2 Å². The van der Waals surface area contributed by atoms with Crippen molar-refractivity contribution in [2.24, 2.45) is 0 Å². The van der Waals surface area contributed by atoms with Crippen molar-refractivity contribution in [1.29, 1.82) is 0 Å². The van der Waals surface area contributed by atoms with E-state index in [1.54, 1.807) is 48.5 Å². The van der Waals surface area contributed by atoms with Crippen molar-refractivity contribution < 1.29 is 41.7 Å². The van der Waals surface area contributed by atoms with E-state index in [1.807, 2.05) is 6.92 Å². The second-order valence-electron chi connectivity index (χ2n) is 9.19. The number of carboxylic acids is 1. The lowest BCUT2D eigenvalue weighted by Gasteiger charge is -2.18. The Morgan fingerprint density at radius 1 is 0.974 bits per heavy atom. The lowest BCUT2D eigenvalue weighted by atomic mass is 9.91. The first-order valence-electron chi connectivity index (χ1n) is 12.7. The molecule has 0 aliphatic heterocycles. The van der Waals surface area contributed by atoms with Crippen molar-refractivity contribution in [3.8, 4) is 28.4 Å². The summed E-state index contributed by atoms with van der Waals surface area (Å²) in [4.78, 5) is 11.3. The molecule has 0 saturated carbocycles. The molecule has 3 rings (SSSR count). The Morgan fingerprint density at radius 3 is 2.46 bits per heavy atom. The van der Waals surface area contributed by atoms with Crippen LogP contribution in [0.1, 0.15) is 56.1 Å². The molecule has 0 amide bonds. The van der Waals surface area contributed by atoms with Crippen LogP contribution in [0.15, 0.2) is 60.7 Å². The van der Waals surface area contributed by atoms with Gasteiger partial charge in [0.25, 0.3) is 0 Å². The molecule has 9 heteroatoms. The fourth-order valence-electron chi connectivity index (χ4n) is 4.12. The van der Waals surface area contributed by atoms with E-state index in [-0.39, 0.29) is 13.0 Å². The van der Waals surface area contributed by atoms with Crippen LogP contribution in [0.2, 0.25) is 0 Å². The highest BCUT2D eigenvalue weighted by Crippen LogP contribution is 2.36. The van der Waals surface area contributed by atoms with Crippen molar-refractivity contribution in [3.05, 3.63) is 77.6 Å². The van der Waals surface area contributed by atoms with Gasteiger partial charge in [0.05, 0.1) is 20.1 Å². The molecule has 0 bridgehead atoms. The Kier molecular flexibility index (Phi) is 10.6. The second-order valence-corrected chi connectivity index (χ2v) is 9.19. The average Bonchev–Trinajstić information content (AvgIpc) is 2.90. The van der Waals surface area contributed by atoms with Gasteiger partial charge in [0.15, 0.2) is 0 Å². The van der Waals surface area contributed by atoms with Gasteiger partial charge in [-0.25, -0.2) is 4.39 Å². The van der Waals surface area contributed by atoms with E-state index in [9.17, 15) is 27.5 Å². The van der Waals surface area contributed by atoms with E-state index in [2.05, 4.69) is 0 Å². The standard InChI is InChI=1S/C30H32F4O5/c1-3-4-14-38-28-15-20(8-10-25(28)26-18-23(37-2)9-11-27(26)31)19-39-24-7-5-6-21(16-24)22(17-29(35)36)12-13-30(32,33)34/h5-11,15-16,18,22H,3-4,12-14,17,19H2,1-2H3,(H,35,36)/t22-/m1/s1. The SMILES string of the molecule is CCCCOc1cc(COc2cccc([C@H](CCC(F)(F)F)CC(=O)O)c2)ccc1-c1cc(OC)ccc1F. The van der Waals surface area contributed by atoms with Gasteiger partial charge in [-0.15, -0.1) is 0 Å². The molecule has 3 aromatic rings. The molecule has 0 aliphatic rings.